The van der Waals surface area contributed by atoms with Gasteiger partial charge in [-0.15, -0.1) is 0 Å². The van der Waals surface area contributed by atoms with Gasteiger partial charge >= 0.3 is 0 Å². The van der Waals surface area contributed by atoms with E-state index in [0.717, 1.165) is 17.7 Å². The van der Waals surface area contributed by atoms with Crippen LogP contribution >= 0.6 is 0 Å². The smallest absolute Gasteiger partial charge is 0.258 e. The van der Waals surface area contributed by atoms with E-state index in [1.165, 1.54) is 12.1 Å². The van der Waals surface area contributed by atoms with Gasteiger partial charge in [0, 0.05) is 54.5 Å². The average Bonchev–Trinajstić information content (AvgIpc) is 3.24. The van der Waals surface area contributed by atoms with Crippen molar-refractivity contribution in [3.63, 3.8) is 0 Å². The fourth-order valence-electron chi connectivity index (χ4n) is 4.47. The van der Waals surface area contributed by atoms with Crippen LogP contribution in [0.4, 0.5) is 21.5 Å². The summed E-state index contributed by atoms with van der Waals surface area (Å²) in [6, 6.07) is 17.3. The lowest BCUT2D eigenvalue weighted by Crippen LogP contribution is -2.29. The topological polar surface area (TPSA) is 83.1 Å². The van der Waals surface area contributed by atoms with Gasteiger partial charge < -0.3 is 25.3 Å². The number of amides is 2. The second-order valence-corrected chi connectivity index (χ2v) is 9.55. The standard InChI is InChI=1S/C29H29FN4O4/c1-33(2)14-12-26(35)34(3)22-9-7-21(8-10-22)31-28(19-5-4-18-13-15-37-38-25(18)16-19)27-23-11-6-20(30)17-24(23)32-29(27)36/h4-11,16-17,31H,12-15H2,1-3H3,(H,32,36)/b28-27-. The number of carbonyl (C=O) groups excluding carboxylic acids is 2. The molecule has 2 aliphatic heterocycles. The number of hydrogen-bond donors (Lipinski definition) is 2. The largest absolute Gasteiger partial charge is 0.354 e. The van der Waals surface area contributed by atoms with Gasteiger partial charge in [0.25, 0.3) is 5.91 Å². The highest BCUT2D eigenvalue weighted by atomic mass is 19.1. The predicted molar refractivity (Wildman–Crippen MR) is 145 cm³/mol. The van der Waals surface area contributed by atoms with E-state index in [9.17, 15) is 14.0 Å². The van der Waals surface area contributed by atoms with Crippen LogP contribution in [0.2, 0.25) is 0 Å². The Bertz CT molecular complexity index is 1420. The first-order valence-corrected chi connectivity index (χ1v) is 12.4. The summed E-state index contributed by atoms with van der Waals surface area (Å²) in [5, 5.41) is 6.15. The quantitative estimate of drug-likeness (QED) is 0.355. The minimum absolute atomic E-state index is 0.0185. The molecule has 2 heterocycles. The van der Waals surface area contributed by atoms with Crippen molar-refractivity contribution < 1.29 is 23.8 Å². The lowest BCUT2D eigenvalue weighted by atomic mass is 9.98. The molecule has 0 saturated carbocycles. The first-order chi connectivity index (χ1) is 18.3. The van der Waals surface area contributed by atoms with E-state index >= 15 is 0 Å². The third-order valence-corrected chi connectivity index (χ3v) is 6.61. The summed E-state index contributed by atoms with van der Waals surface area (Å²) in [5.41, 5.74) is 5.11. The normalized spacial score (nSPS) is 15.3. The number of benzene rings is 3. The molecule has 0 aromatic heterocycles. The Morgan fingerprint density at radius 1 is 1.05 bits per heavy atom. The molecule has 0 spiro atoms. The molecule has 0 fully saturated rings. The molecule has 0 radical (unpaired) electrons. The summed E-state index contributed by atoms with van der Waals surface area (Å²) in [5.74, 6) is -0.172. The Kier molecular flexibility index (Phi) is 7.13. The van der Waals surface area contributed by atoms with E-state index in [0.29, 0.717) is 59.1 Å². The molecule has 2 N–H and O–H groups in total. The van der Waals surface area contributed by atoms with Gasteiger partial charge in [-0.3, -0.25) is 9.59 Å². The Morgan fingerprint density at radius 3 is 2.61 bits per heavy atom. The van der Waals surface area contributed by atoms with E-state index in [2.05, 4.69) is 10.6 Å². The summed E-state index contributed by atoms with van der Waals surface area (Å²) >= 11 is 0. The lowest BCUT2D eigenvalue weighted by Gasteiger charge is -2.21. The van der Waals surface area contributed by atoms with Crippen LogP contribution in [-0.4, -0.2) is 51.0 Å². The summed E-state index contributed by atoms with van der Waals surface area (Å²) in [6.07, 6.45) is 1.14. The predicted octanol–water partition coefficient (Wildman–Crippen LogP) is 4.54. The zero-order chi connectivity index (χ0) is 26.8. The summed E-state index contributed by atoms with van der Waals surface area (Å²) in [4.78, 5) is 39.8. The van der Waals surface area contributed by atoms with Gasteiger partial charge in [-0.25, -0.2) is 4.39 Å². The molecule has 0 bridgehead atoms. The minimum atomic E-state index is -0.432. The summed E-state index contributed by atoms with van der Waals surface area (Å²) in [7, 11) is 5.62. The van der Waals surface area contributed by atoms with Crippen LogP contribution in [0.5, 0.6) is 5.75 Å². The number of nitrogens with zero attached hydrogens (tertiary/aromatic N) is 2. The molecule has 8 nitrogen and oxygen atoms in total. The number of hydrogen-bond acceptors (Lipinski definition) is 6. The van der Waals surface area contributed by atoms with Gasteiger partial charge in [-0.05, 0) is 62.6 Å². The SMILES string of the molecule is CN(C)CCC(=O)N(C)c1ccc(N/C(=C2\C(=O)Nc3cc(F)ccc32)c2ccc3c(c2)OOCC3)cc1. The maximum atomic E-state index is 13.9. The second kappa shape index (κ2) is 10.6. The van der Waals surface area contributed by atoms with Crippen LogP contribution in [-0.2, 0) is 20.9 Å². The van der Waals surface area contributed by atoms with Gasteiger partial charge in [-0.2, -0.15) is 4.89 Å². The van der Waals surface area contributed by atoms with E-state index in [4.69, 9.17) is 9.78 Å². The fraction of sp³-hybridized carbons (Fsp3) is 0.241. The van der Waals surface area contributed by atoms with E-state index in [1.807, 2.05) is 61.5 Å². The van der Waals surface area contributed by atoms with Crippen LogP contribution in [0, 0.1) is 5.82 Å². The van der Waals surface area contributed by atoms with Gasteiger partial charge in [-0.1, -0.05) is 12.1 Å². The van der Waals surface area contributed by atoms with Crippen molar-refractivity contribution in [2.24, 2.45) is 0 Å². The Balaban J connectivity index is 1.50. The molecule has 0 unspecified atom stereocenters. The minimum Gasteiger partial charge on any atom is -0.354 e. The average molecular weight is 517 g/mol. The summed E-state index contributed by atoms with van der Waals surface area (Å²) < 4.78 is 13.9. The van der Waals surface area contributed by atoms with Crippen LogP contribution in [0.25, 0.3) is 11.3 Å². The van der Waals surface area contributed by atoms with Crippen LogP contribution in [0.1, 0.15) is 23.1 Å². The highest BCUT2D eigenvalue weighted by Crippen LogP contribution is 2.39. The highest BCUT2D eigenvalue weighted by molar-refractivity contribution is 6.37. The van der Waals surface area contributed by atoms with E-state index in [1.54, 1.807) is 18.0 Å². The zero-order valence-corrected chi connectivity index (χ0v) is 21.5. The number of fused-ring (bicyclic) bond motifs is 2. The fourth-order valence-corrected chi connectivity index (χ4v) is 4.47. The van der Waals surface area contributed by atoms with E-state index < -0.39 is 5.82 Å². The zero-order valence-electron chi connectivity index (χ0n) is 21.5. The van der Waals surface area contributed by atoms with Crippen molar-refractivity contribution in [3.8, 4) is 5.75 Å². The Labute approximate surface area is 220 Å². The number of carbonyl (C=O) groups is 2. The molecular formula is C29H29FN4O4. The first kappa shape index (κ1) is 25.4. The van der Waals surface area contributed by atoms with E-state index in [-0.39, 0.29) is 11.8 Å². The van der Waals surface area contributed by atoms with Crippen LogP contribution in [0.15, 0.2) is 60.7 Å². The molecule has 196 valence electrons. The van der Waals surface area contributed by atoms with Crippen molar-refractivity contribution in [3.05, 3.63) is 83.2 Å². The number of anilines is 3. The molecular weight excluding hydrogens is 487 g/mol. The second-order valence-electron chi connectivity index (χ2n) is 9.55. The number of halogens is 1. The highest BCUT2D eigenvalue weighted by Gasteiger charge is 2.29. The molecule has 2 aliphatic rings. The van der Waals surface area contributed by atoms with Crippen molar-refractivity contribution in [1.82, 2.24) is 4.90 Å². The monoisotopic (exact) mass is 516 g/mol. The molecule has 0 atom stereocenters. The Hall–Kier alpha value is -4.21. The first-order valence-electron chi connectivity index (χ1n) is 12.4. The van der Waals surface area contributed by atoms with Gasteiger partial charge in [0.15, 0.2) is 5.75 Å². The maximum absolute atomic E-state index is 13.9. The van der Waals surface area contributed by atoms with Crippen molar-refractivity contribution in [1.29, 1.82) is 0 Å². The molecule has 5 rings (SSSR count). The lowest BCUT2D eigenvalue weighted by molar-refractivity contribution is -0.215. The third-order valence-electron chi connectivity index (χ3n) is 6.61. The maximum Gasteiger partial charge on any atom is 0.258 e. The van der Waals surface area contributed by atoms with Gasteiger partial charge in [0.2, 0.25) is 5.91 Å². The number of nitrogens with one attached hydrogen (secondary N) is 2. The molecule has 3 aromatic carbocycles. The molecule has 38 heavy (non-hydrogen) atoms. The summed E-state index contributed by atoms with van der Waals surface area (Å²) in [6.45, 7) is 1.14. The molecule has 0 saturated heterocycles. The van der Waals surface area contributed by atoms with Crippen molar-refractivity contribution in [2.45, 2.75) is 12.8 Å². The van der Waals surface area contributed by atoms with Gasteiger partial charge in [0.05, 0.1) is 23.6 Å². The van der Waals surface area contributed by atoms with Gasteiger partial charge in [0.1, 0.15) is 5.82 Å². The van der Waals surface area contributed by atoms with Crippen molar-refractivity contribution in [2.75, 3.05) is 49.8 Å². The molecule has 0 aliphatic carbocycles. The van der Waals surface area contributed by atoms with Crippen LogP contribution < -0.4 is 20.4 Å². The third kappa shape index (κ3) is 5.25. The number of rotatable bonds is 7. The molecule has 3 aromatic rings. The Morgan fingerprint density at radius 2 is 1.84 bits per heavy atom. The molecule has 2 amide bonds. The van der Waals surface area contributed by atoms with Crippen LogP contribution in [0.3, 0.4) is 0 Å². The van der Waals surface area contributed by atoms with Crippen molar-refractivity contribution >= 4 is 40.1 Å². The molecule has 9 heteroatoms.